The molecular formula is C38H53ClN6O6. The van der Waals surface area contributed by atoms with E-state index in [9.17, 15) is 24.0 Å². The molecule has 1 aromatic carbocycles. The summed E-state index contributed by atoms with van der Waals surface area (Å²) < 4.78 is 0. The van der Waals surface area contributed by atoms with Crippen LogP contribution in [0.25, 0.3) is 5.70 Å². The second-order valence-electron chi connectivity index (χ2n) is 16.3. The molecule has 0 radical (unpaired) electrons. The van der Waals surface area contributed by atoms with Crippen molar-refractivity contribution in [3.63, 3.8) is 0 Å². The van der Waals surface area contributed by atoms with Gasteiger partial charge in [0.25, 0.3) is 5.91 Å². The van der Waals surface area contributed by atoms with Crippen molar-refractivity contribution in [1.82, 2.24) is 31.2 Å². The molecule has 0 unspecified atom stereocenters. The third-order valence-corrected chi connectivity index (χ3v) is 11.1. The average molecular weight is 725 g/mol. The van der Waals surface area contributed by atoms with Gasteiger partial charge in [-0.05, 0) is 82.9 Å². The second kappa shape index (κ2) is 15.2. The van der Waals surface area contributed by atoms with Crippen molar-refractivity contribution in [2.75, 3.05) is 19.6 Å². The summed E-state index contributed by atoms with van der Waals surface area (Å²) in [4.78, 5) is 78.0. The first-order valence-corrected chi connectivity index (χ1v) is 19.1. The van der Waals surface area contributed by atoms with Gasteiger partial charge in [-0.3, -0.25) is 39.2 Å². The van der Waals surface area contributed by atoms with Crippen LogP contribution in [0.3, 0.4) is 0 Å². The van der Waals surface area contributed by atoms with Gasteiger partial charge < -0.3 is 20.9 Å². The molecule has 1 spiro atoms. The Balaban J connectivity index is 1.25. The van der Waals surface area contributed by atoms with Crippen LogP contribution in [0.15, 0.2) is 30.3 Å². The Labute approximate surface area is 305 Å². The highest BCUT2D eigenvalue weighted by Crippen LogP contribution is 2.40. The van der Waals surface area contributed by atoms with Crippen LogP contribution in [0.1, 0.15) is 97.5 Å². The smallest absolute Gasteiger partial charge is 0.289 e. The highest BCUT2D eigenvalue weighted by molar-refractivity contribution is 6.38. The van der Waals surface area contributed by atoms with Gasteiger partial charge >= 0.3 is 0 Å². The number of likely N-dealkylation sites (tertiary alicyclic amines) is 2. The van der Waals surface area contributed by atoms with Gasteiger partial charge in [-0.25, -0.2) is 0 Å². The summed E-state index contributed by atoms with van der Waals surface area (Å²) in [5.41, 5.74) is 2.98. The van der Waals surface area contributed by atoms with E-state index in [1.54, 1.807) is 12.1 Å². The van der Waals surface area contributed by atoms with Gasteiger partial charge in [-0.15, -0.1) is 0 Å². The molecule has 6 rings (SSSR count). The molecule has 4 fully saturated rings. The summed E-state index contributed by atoms with van der Waals surface area (Å²) in [5, 5.41) is 9.26. The van der Waals surface area contributed by atoms with Crippen LogP contribution in [-0.4, -0.2) is 94.2 Å². The lowest BCUT2D eigenvalue weighted by molar-refractivity contribution is -0.144. The second-order valence-corrected chi connectivity index (χ2v) is 16.7. The molecular weight excluding hydrogens is 672 g/mol. The lowest BCUT2D eigenvalue weighted by Gasteiger charge is -2.46. The maximum Gasteiger partial charge on any atom is 0.289 e. The number of Topliss-reactive ketones (excluding diaryl/α,β-unsaturated/α-hetero) is 1. The molecule has 1 aromatic rings. The fraction of sp³-hybridized carbons (Fsp3) is 0.658. The zero-order valence-corrected chi connectivity index (χ0v) is 31.0. The minimum Gasteiger partial charge on any atom is -0.350 e. The van der Waals surface area contributed by atoms with Crippen LogP contribution in [-0.2, 0) is 28.8 Å². The fourth-order valence-corrected chi connectivity index (χ4v) is 8.37. The number of hydrogen-bond donors (Lipinski definition) is 4. The number of ketones is 1. The first kappa shape index (κ1) is 37.3. The number of nitrogens with zero attached hydrogens (tertiary/aromatic N) is 2. The fourth-order valence-electron chi connectivity index (χ4n) is 8.18. The topological polar surface area (TPSA) is 149 Å². The molecule has 2 aliphatic carbocycles. The van der Waals surface area contributed by atoms with Gasteiger partial charge in [0.15, 0.2) is 0 Å². The van der Waals surface area contributed by atoms with Crippen molar-refractivity contribution in [3.8, 4) is 0 Å². The number of benzene rings is 1. The van der Waals surface area contributed by atoms with E-state index in [-0.39, 0.29) is 43.8 Å². The summed E-state index contributed by atoms with van der Waals surface area (Å²) in [6.07, 6.45) is 9.67. The van der Waals surface area contributed by atoms with Crippen LogP contribution in [0.2, 0.25) is 5.02 Å². The molecule has 0 aromatic heterocycles. The largest absolute Gasteiger partial charge is 0.350 e. The Hall–Kier alpha value is -3.48. The van der Waals surface area contributed by atoms with Crippen LogP contribution in [0, 0.1) is 11.8 Å². The summed E-state index contributed by atoms with van der Waals surface area (Å²) >= 11 is 6.27. The molecule has 0 bridgehead atoms. The van der Waals surface area contributed by atoms with Gasteiger partial charge in [0.2, 0.25) is 23.5 Å². The van der Waals surface area contributed by atoms with Crippen LogP contribution in [0.5, 0.6) is 0 Å². The van der Waals surface area contributed by atoms with Crippen LogP contribution in [0.4, 0.5) is 0 Å². The zero-order chi connectivity index (χ0) is 36.5. The lowest BCUT2D eigenvalue weighted by Crippen LogP contribution is -2.60. The van der Waals surface area contributed by atoms with E-state index in [2.05, 4.69) is 21.4 Å². The van der Waals surface area contributed by atoms with E-state index >= 15 is 0 Å². The number of halogens is 1. The van der Waals surface area contributed by atoms with Crippen LogP contribution < -0.4 is 21.4 Å². The van der Waals surface area contributed by atoms with Crippen molar-refractivity contribution in [3.05, 3.63) is 40.9 Å². The molecule has 2 saturated carbocycles. The predicted molar refractivity (Wildman–Crippen MR) is 193 cm³/mol. The molecule has 12 nitrogen and oxygen atoms in total. The van der Waals surface area contributed by atoms with Gasteiger partial charge in [-0.2, -0.15) is 0 Å². The Morgan fingerprint density at radius 3 is 2.47 bits per heavy atom. The standard InChI is InChI=1S/C38H53ClN6O6/c1-5-9-28(33(47)36(50)40-27-14-15-27)41-34(48)31-19-38(18-29(43-51-38)24-12-8-13-26(39)16-24)22-45(31)32(46)21-44-20-25-11-7-6-10-23(25)17-30(44)35(49)42-37(2,3)4/h8,12-13,16,18,23,25,27-28,30-31,43H,5-7,9-11,14-15,17,19-22H2,1-4H3,(H,40,50)(H,41,48)(H,42,49)/t23-,25+,28-,30-,31-,38+/m0/s1. The molecule has 51 heavy (non-hydrogen) atoms. The number of hydroxylamine groups is 1. The van der Waals surface area contributed by atoms with E-state index in [0.717, 1.165) is 44.1 Å². The Kier molecular flexibility index (Phi) is 11.1. The van der Waals surface area contributed by atoms with Gasteiger partial charge in [0.1, 0.15) is 11.6 Å². The van der Waals surface area contributed by atoms with Crippen molar-refractivity contribution >= 4 is 46.7 Å². The molecule has 5 aliphatic rings. The summed E-state index contributed by atoms with van der Waals surface area (Å²) in [6.45, 7) is 8.41. The molecule has 13 heteroatoms. The third-order valence-electron chi connectivity index (χ3n) is 10.9. The Bertz CT molecular complexity index is 1560. The maximum absolute atomic E-state index is 14.5. The van der Waals surface area contributed by atoms with Crippen molar-refractivity contribution in [1.29, 1.82) is 0 Å². The number of carbonyl (C=O) groups excluding carboxylic acids is 5. The van der Waals surface area contributed by atoms with Gasteiger partial charge in [0.05, 0.1) is 30.9 Å². The molecule has 2 saturated heterocycles. The van der Waals surface area contributed by atoms with Crippen molar-refractivity contribution < 1.29 is 28.8 Å². The van der Waals surface area contributed by atoms with Gasteiger partial charge in [-0.1, -0.05) is 56.3 Å². The summed E-state index contributed by atoms with van der Waals surface area (Å²) in [5.74, 6) is -1.45. The normalized spacial score (nSPS) is 28.3. The molecule has 3 heterocycles. The molecule has 3 aliphatic heterocycles. The van der Waals surface area contributed by atoms with Gasteiger partial charge in [0, 0.05) is 35.1 Å². The van der Waals surface area contributed by atoms with E-state index in [1.807, 2.05) is 50.8 Å². The molecule has 6 atom stereocenters. The van der Waals surface area contributed by atoms with Crippen LogP contribution >= 0.6 is 11.6 Å². The monoisotopic (exact) mass is 724 g/mol. The van der Waals surface area contributed by atoms with E-state index < -0.39 is 46.9 Å². The number of rotatable bonds is 11. The molecule has 4 amide bonds. The minimum absolute atomic E-state index is 0.00251. The Morgan fingerprint density at radius 2 is 1.78 bits per heavy atom. The molecule has 278 valence electrons. The van der Waals surface area contributed by atoms with E-state index in [0.29, 0.717) is 41.9 Å². The lowest BCUT2D eigenvalue weighted by atomic mass is 9.72. The summed E-state index contributed by atoms with van der Waals surface area (Å²) in [7, 11) is 0. The minimum atomic E-state index is -1.04. The number of fused-ring (bicyclic) bond motifs is 1. The SMILES string of the molecule is CCC[C@H](NC(=O)[C@@H]1C[C@]2(C=C(c3cccc(Cl)c3)NO2)CN1C(=O)CN1C[C@H]2CCCC[C@H]2C[C@H]1C(=O)NC(C)(C)C)C(=O)C(=O)NC1CC1. The number of piperidine rings is 1. The molecule has 4 N–H and O–H groups in total. The predicted octanol–water partition coefficient (Wildman–Crippen LogP) is 3.48. The third kappa shape index (κ3) is 8.95. The quantitative estimate of drug-likeness (QED) is 0.254. The first-order valence-electron chi connectivity index (χ1n) is 18.7. The average Bonchev–Trinajstić information content (AvgIpc) is 3.67. The van der Waals surface area contributed by atoms with Crippen molar-refractivity contribution in [2.24, 2.45) is 11.8 Å². The van der Waals surface area contributed by atoms with E-state index in [1.165, 1.54) is 4.90 Å². The Morgan fingerprint density at radius 1 is 1.04 bits per heavy atom. The van der Waals surface area contributed by atoms with Crippen molar-refractivity contribution in [2.45, 2.75) is 127 Å². The number of hydrogen-bond acceptors (Lipinski definition) is 8. The highest BCUT2D eigenvalue weighted by atomic mass is 35.5. The maximum atomic E-state index is 14.5. The first-order chi connectivity index (χ1) is 24.2. The summed E-state index contributed by atoms with van der Waals surface area (Å²) in [6, 6.07) is 4.83. The van der Waals surface area contributed by atoms with E-state index in [4.69, 9.17) is 16.4 Å². The number of nitrogens with one attached hydrogen (secondary N) is 4. The number of carbonyl (C=O) groups is 5. The number of amides is 4. The highest BCUT2D eigenvalue weighted by Gasteiger charge is 2.53. The zero-order valence-electron chi connectivity index (χ0n) is 30.3.